The summed E-state index contributed by atoms with van der Waals surface area (Å²) >= 11 is 0. The molecule has 1 aromatic rings. The monoisotopic (exact) mass is 284 g/mol. The molecule has 1 unspecified atom stereocenters. The fraction of sp³-hybridized carbons (Fsp3) is 0.571. The maximum Gasteiger partial charge on any atom is 0.242 e. The minimum Gasteiger partial charge on any atom is -0.316 e. The molecule has 0 radical (unpaired) electrons. The summed E-state index contributed by atoms with van der Waals surface area (Å²) in [5.74, 6) is 0.364. The molecule has 1 atom stereocenters. The summed E-state index contributed by atoms with van der Waals surface area (Å²) in [6.45, 7) is 5.42. The van der Waals surface area contributed by atoms with Crippen LogP contribution in [0, 0.1) is 5.92 Å². The molecular weight excluding hydrogens is 260 g/mol. The van der Waals surface area contributed by atoms with Gasteiger partial charge in [-0.2, -0.15) is 0 Å². The van der Waals surface area contributed by atoms with Gasteiger partial charge in [-0.25, -0.2) is 12.7 Å². The second kappa shape index (κ2) is 7.03. The van der Waals surface area contributed by atoms with E-state index >= 15 is 0 Å². The van der Waals surface area contributed by atoms with E-state index in [0.717, 1.165) is 18.5 Å². The number of benzene rings is 1. The van der Waals surface area contributed by atoms with Gasteiger partial charge in [0.15, 0.2) is 0 Å². The normalized spacial score (nSPS) is 13.7. The number of rotatable bonds is 7. The number of nitrogens with zero attached hydrogens (tertiary/aromatic N) is 1. The minimum atomic E-state index is -3.36. The zero-order chi connectivity index (χ0) is 14.5. The van der Waals surface area contributed by atoms with Gasteiger partial charge in [-0.3, -0.25) is 0 Å². The van der Waals surface area contributed by atoms with Gasteiger partial charge in [-0.15, -0.1) is 0 Å². The molecule has 0 saturated carbocycles. The van der Waals surface area contributed by atoms with Crippen LogP contribution in [-0.4, -0.2) is 33.4 Å². The summed E-state index contributed by atoms with van der Waals surface area (Å²) in [6, 6.07) is 7.05. The molecule has 0 aliphatic rings. The lowest BCUT2D eigenvalue weighted by atomic mass is 10.1. The summed E-state index contributed by atoms with van der Waals surface area (Å²) in [7, 11) is 0.145. The third-order valence-electron chi connectivity index (χ3n) is 3.28. The Morgan fingerprint density at radius 3 is 2.32 bits per heavy atom. The van der Waals surface area contributed by atoms with Gasteiger partial charge in [-0.1, -0.05) is 32.4 Å². The second-order valence-electron chi connectivity index (χ2n) is 4.97. The zero-order valence-electron chi connectivity index (χ0n) is 12.2. The van der Waals surface area contributed by atoms with E-state index in [1.54, 1.807) is 19.2 Å². The number of nitrogens with one attached hydrogen (secondary N) is 1. The Hall–Kier alpha value is -0.910. The molecule has 1 aromatic carbocycles. The van der Waals surface area contributed by atoms with Crippen molar-refractivity contribution in [2.24, 2.45) is 5.92 Å². The van der Waals surface area contributed by atoms with Gasteiger partial charge in [0, 0.05) is 20.1 Å². The SMILES string of the molecule is CCC(C)CN(C)S(=O)(=O)c1ccc(CNC)cc1. The average Bonchev–Trinajstić information content (AvgIpc) is 2.39. The van der Waals surface area contributed by atoms with Crippen LogP contribution in [0.3, 0.4) is 0 Å². The van der Waals surface area contributed by atoms with E-state index < -0.39 is 10.0 Å². The van der Waals surface area contributed by atoms with Crippen molar-refractivity contribution in [3.63, 3.8) is 0 Å². The number of hydrogen-bond acceptors (Lipinski definition) is 3. The van der Waals surface area contributed by atoms with Crippen molar-refractivity contribution in [2.45, 2.75) is 31.7 Å². The predicted octanol–water partition coefficient (Wildman–Crippen LogP) is 2.07. The van der Waals surface area contributed by atoms with Gasteiger partial charge in [0.1, 0.15) is 0 Å². The Bertz CT molecular complexity index is 483. The van der Waals surface area contributed by atoms with Crippen LogP contribution in [0.2, 0.25) is 0 Å². The lowest BCUT2D eigenvalue weighted by Gasteiger charge is -2.20. The summed E-state index contributed by atoms with van der Waals surface area (Å²) in [6.07, 6.45) is 0.973. The van der Waals surface area contributed by atoms with E-state index in [9.17, 15) is 8.42 Å². The first kappa shape index (κ1) is 16.1. The second-order valence-corrected chi connectivity index (χ2v) is 7.02. The number of sulfonamides is 1. The summed E-state index contributed by atoms with van der Waals surface area (Å²) in [5, 5.41) is 3.04. The van der Waals surface area contributed by atoms with Gasteiger partial charge >= 0.3 is 0 Å². The van der Waals surface area contributed by atoms with Crippen LogP contribution in [0.5, 0.6) is 0 Å². The Labute approximate surface area is 116 Å². The van der Waals surface area contributed by atoms with Crippen molar-refractivity contribution >= 4 is 10.0 Å². The maximum absolute atomic E-state index is 12.4. The van der Waals surface area contributed by atoms with Crippen molar-refractivity contribution in [3.8, 4) is 0 Å². The van der Waals surface area contributed by atoms with Gasteiger partial charge in [0.05, 0.1) is 4.90 Å². The summed E-state index contributed by atoms with van der Waals surface area (Å²) in [5.41, 5.74) is 1.08. The Balaban J connectivity index is 2.87. The highest BCUT2D eigenvalue weighted by molar-refractivity contribution is 7.89. The molecule has 1 rings (SSSR count). The molecule has 1 N–H and O–H groups in total. The van der Waals surface area contributed by atoms with Gasteiger partial charge in [0.2, 0.25) is 10.0 Å². The quantitative estimate of drug-likeness (QED) is 0.834. The fourth-order valence-electron chi connectivity index (χ4n) is 1.83. The van der Waals surface area contributed by atoms with Crippen LogP contribution in [0.15, 0.2) is 29.2 Å². The van der Waals surface area contributed by atoms with Crippen molar-refractivity contribution < 1.29 is 8.42 Å². The molecule has 19 heavy (non-hydrogen) atoms. The van der Waals surface area contributed by atoms with E-state index in [2.05, 4.69) is 19.2 Å². The molecule has 0 bridgehead atoms. The molecule has 0 spiro atoms. The van der Waals surface area contributed by atoms with Crippen molar-refractivity contribution in [1.82, 2.24) is 9.62 Å². The van der Waals surface area contributed by atoms with Crippen molar-refractivity contribution in [2.75, 3.05) is 20.6 Å². The van der Waals surface area contributed by atoms with Crippen LogP contribution in [0.1, 0.15) is 25.8 Å². The summed E-state index contributed by atoms with van der Waals surface area (Å²) in [4.78, 5) is 0.359. The molecule has 0 heterocycles. The van der Waals surface area contributed by atoms with Gasteiger partial charge in [-0.05, 0) is 30.7 Å². The van der Waals surface area contributed by atoms with Crippen molar-refractivity contribution in [3.05, 3.63) is 29.8 Å². The topological polar surface area (TPSA) is 49.4 Å². The third-order valence-corrected chi connectivity index (χ3v) is 5.12. The Morgan fingerprint density at radius 2 is 1.84 bits per heavy atom. The van der Waals surface area contributed by atoms with E-state index in [-0.39, 0.29) is 0 Å². The average molecular weight is 284 g/mol. The zero-order valence-corrected chi connectivity index (χ0v) is 13.0. The predicted molar refractivity (Wildman–Crippen MR) is 78.5 cm³/mol. The largest absolute Gasteiger partial charge is 0.316 e. The molecule has 4 nitrogen and oxygen atoms in total. The van der Waals surface area contributed by atoms with E-state index in [1.165, 1.54) is 4.31 Å². The van der Waals surface area contributed by atoms with E-state index in [0.29, 0.717) is 17.4 Å². The third kappa shape index (κ3) is 4.30. The van der Waals surface area contributed by atoms with Gasteiger partial charge < -0.3 is 5.32 Å². The highest BCUT2D eigenvalue weighted by Gasteiger charge is 2.21. The lowest BCUT2D eigenvalue weighted by Crippen LogP contribution is -2.31. The van der Waals surface area contributed by atoms with Crippen LogP contribution >= 0.6 is 0 Å². The van der Waals surface area contributed by atoms with Crippen LogP contribution in [0.25, 0.3) is 0 Å². The lowest BCUT2D eigenvalue weighted by molar-refractivity contribution is 0.393. The highest BCUT2D eigenvalue weighted by Crippen LogP contribution is 2.17. The maximum atomic E-state index is 12.4. The molecule has 0 saturated heterocycles. The molecule has 0 aromatic heterocycles. The number of hydrogen-bond donors (Lipinski definition) is 1. The Kier molecular flexibility index (Phi) is 5.97. The van der Waals surface area contributed by atoms with Crippen molar-refractivity contribution in [1.29, 1.82) is 0 Å². The summed E-state index contributed by atoms with van der Waals surface area (Å²) < 4.78 is 26.2. The molecule has 0 fully saturated rings. The molecule has 0 amide bonds. The molecule has 108 valence electrons. The van der Waals surface area contributed by atoms with E-state index in [4.69, 9.17) is 0 Å². The van der Waals surface area contributed by atoms with Gasteiger partial charge in [0.25, 0.3) is 0 Å². The van der Waals surface area contributed by atoms with E-state index in [1.807, 2.05) is 19.2 Å². The molecular formula is C14H24N2O2S. The fourth-order valence-corrected chi connectivity index (χ4v) is 3.12. The molecule has 0 aliphatic carbocycles. The molecule has 5 heteroatoms. The first-order chi connectivity index (χ1) is 8.91. The standard InChI is InChI=1S/C14H24N2O2S/c1-5-12(2)11-16(4)19(17,18)14-8-6-13(7-9-14)10-15-3/h6-9,12,15H,5,10-11H2,1-4H3. The smallest absolute Gasteiger partial charge is 0.242 e. The highest BCUT2D eigenvalue weighted by atomic mass is 32.2. The Morgan fingerprint density at radius 1 is 1.26 bits per heavy atom. The molecule has 0 aliphatic heterocycles. The first-order valence-corrected chi connectivity index (χ1v) is 8.05. The minimum absolute atomic E-state index is 0.359. The van der Waals surface area contributed by atoms with Crippen LogP contribution < -0.4 is 5.32 Å². The first-order valence-electron chi connectivity index (χ1n) is 6.61. The van der Waals surface area contributed by atoms with Crippen LogP contribution in [0.4, 0.5) is 0 Å². The van der Waals surface area contributed by atoms with Crippen LogP contribution in [-0.2, 0) is 16.6 Å².